The molecule has 5 nitrogen and oxygen atoms in total. The number of nitrogens with zero attached hydrogens (tertiary/aromatic N) is 3. The van der Waals surface area contributed by atoms with E-state index in [-0.39, 0.29) is 17.3 Å². The minimum atomic E-state index is -0.752. The number of carbonyl (C=O) groups excluding carboxylic acids is 1. The van der Waals surface area contributed by atoms with Gasteiger partial charge in [-0.1, -0.05) is 45.9 Å². The van der Waals surface area contributed by atoms with Gasteiger partial charge in [0.1, 0.15) is 11.0 Å². The van der Waals surface area contributed by atoms with Crippen LogP contribution in [0.5, 0.6) is 0 Å². The van der Waals surface area contributed by atoms with E-state index >= 15 is 0 Å². The summed E-state index contributed by atoms with van der Waals surface area (Å²) in [7, 11) is 0. The molecule has 0 N–H and O–H groups in total. The fraction of sp³-hybridized carbons (Fsp3) is 0.550. The van der Waals surface area contributed by atoms with Crippen molar-refractivity contribution in [3.63, 3.8) is 0 Å². The number of carbonyl (C=O) groups is 1. The molecular weight excluding hydrogens is 314 g/mol. The third kappa shape index (κ3) is 1.87. The summed E-state index contributed by atoms with van der Waals surface area (Å²) in [6, 6.07) is 9.93. The van der Waals surface area contributed by atoms with Crippen molar-refractivity contribution >= 4 is 5.97 Å². The van der Waals surface area contributed by atoms with Crippen LogP contribution in [0.3, 0.4) is 0 Å². The Morgan fingerprint density at radius 3 is 2.32 bits per heavy atom. The maximum Gasteiger partial charge on any atom is 0.321 e. The largest absolute Gasteiger partial charge is 0.458 e. The molecule has 1 saturated carbocycles. The Morgan fingerprint density at radius 2 is 1.80 bits per heavy atom. The highest BCUT2D eigenvalue weighted by Crippen LogP contribution is 2.65. The molecule has 0 radical (unpaired) electrons. The van der Waals surface area contributed by atoms with Crippen LogP contribution in [-0.2, 0) is 14.9 Å². The summed E-state index contributed by atoms with van der Waals surface area (Å²) in [4.78, 5) is 17.9. The van der Waals surface area contributed by atoms with Crippen molar-refractivity contribution in [1.82, 2.24) is 14.8 Å². The lowest BCUT2D eigenvalue weighted by Gasteiger charge is -2.35. The van der Waals surface area contributed by atoms with Gasteiger partial charge in [-0.2, -0.15) is 5.10 Å². The van der Waals surface area contributed by atoms with Gasteiger partial charge in [-0.3, -0.25) is 4.79 Å². The van der Waals surface area contributed by atoms with Crippen LogP contribution in [0.4, 0.5) is 0 Å². The Labute approximate surface area is 148 Å². The highest BCUT2D eigenvalue weighted by atomic mass is 16.6. The first-order chi connectivity index (χ1) is 11.7. The molecule has 1 aliphatic carbocycles. The van der Waals surface area contributed by atoms with Crippen molar-refractivity contribution < 1.29 is 9.53 Å². The lowest BCUT2D eigenvalue weighted by molar-refractivity contribution is -0.156. The van der Waals surface area contributed by atoms with Gasteiger partial charge in [-0.15, -0.1) is 0 Å². The minimum Gasteiger partial charge on any atom is -0.458 e. The van der Waals surface area contributed by atoms with E-state index in [1.165, 1.54) is 0 Å². The van der Waals surface area contributed by atoms with Crippen LogP contribution in [0.15, 0.2) is 30.3 Å². The average molecular weight is 339 g/mol. The van der Waals surface area contributed by atoms with E-state index < -0.39 is 11.0 Å². The van der Waals surface area contributed by atoms with Crippen LogP contribution in [0.2, 0.25) is 0 Å². The summed E-state index contributed by atoms with van der Waals surface area (Å²) >= 11 is 0. The molecule has 2 aromatic rings. The second-order valence-corrected chi connectivity index (χ2v) is 8.35. The van der Waals surface area contributed by atoms with Crippen LogP contribution in [0, 0.1) is 5.41 Å². The number of fused-ring (bicyclic) bond motifs is 2. The first-order valence-electron chi connectivity index (χ1n) is 8.99. The molecule has 2 bridgehead atoms. The molecule has 1 aromatic carbocycles. The predicted octanol–water partition coefficient (Wildman–Crippen LogP) is 3.76. The molecule has 25 heavy (non-hydrogen) atoms. The number of para-hydroxylation sites is 1. The molecule has 132 valence electrons. The van der Waals surface area contributed by atoms with Crippen molar-refractivity contribution in [3.05, 3.63) is 42.0 Å². The van der Waals surface area contributed by atoms with Crippen molar-refractivity contribution in [2.75, 3.05) is 0 Å². The maximum absolute atomic E-state index is 13.0. The molecule has 2 heterocycles. The van der Waals surface area contributed by atoms with Gasteiger partial charge >= 0.3 is 5.97 Å². The van der Waals surface area contributed by atoms with Gasteiger partial charge in [0.05, 0.1) is 5.69 Å². The summed E-state index contributed by atoms with van der Waals surface area (Å²) in [5.41, 5.74) is -0.617. The van der Waals surface area contributed by atoms with Crippen LogP contribution < -0.4 is 0 Å². The Kier molecular flexibility index (Phi) is 3.22. The monoisotopic (exact) mass is 339 g/mol. The fourth-order valence-electron chi connectivity index (χ4n) is 4.41. The first kappa shape index (κ1) is 16.3. The van der Waals surface area contributed by atoms with E-state index in [0.717, 1.165) is 30.2 Å². The molecule has 2 atom stereocenters. The third-order valence-corrected chi connectivity index (χ3v) is 6.55. The molecule has 1 aromatic heterocycles. The molecule has 2 aliphatic rings. The Morgan fingerprint density at radius 1 is 1.12 bits per heavy atom. The highest BCUT2D eigenvalue weighted by molar-refractivity contribution is 5.88. The highest BCUT2D eigenvalue weighted by Gasteiger charge is 2.75. The molecule has 4 rings (SSSR count). The molecule has 0 unspecified atom stereocenters. The van der Waals surface area contributed by atoms with E-state index in [1.54, 1.807) is 0 Å². The van der Waals surface area contributed by atoms with E-state index in [9.17, 15) is 4.79 Å². The summed E-state index contributed by atoms with van der Waals surface area (Å²) in [6.45, 7) is 10.5. The Balaban J connectivity index is 1.98. The number of rotatable bonds is 3. The van der Waals surface area contributed by atoms with Gasteiger partial charge in [0.15, 0.2) is 11.6 Å². The van der Waals surface area contributed by atoms with Gasteiger partial charge in [0, 0.05) is 11.3 Å². The summed E-state index contributed by atoms with van der Waals surface area (Å²) < 4.78 is 7.72. The predicted molar refractivity (Wildman–Crippen MR) is 94.6 cm³/mol. The van der Waals surface area contributed by atoms with Gasteiger partial charge in [-0.05, 0) is 31.9 Å². The number of esters is 1. The topological polar surface area (TPSA) is 57.0 Å². The van der Waals surface area contributed by atoms with Crippen LogP contribution in [0.1, 0.15) is 65.0 Å². The van der Waals surface area contributed by atoms with Crippen molar-refractivity contribution in [2.24, 2.45) is 5.41 Å². The molecule has 0 spiro atoms. The smallest absolute Gasteiger partial charge is 0.321 e. The second kappa shape index (κ2) is 4.93. The second-order valence-electron chi connectivity index (χ2n) is 8.35. The molecule has 1 saturated heterocycles. The fourth-order valence-corrected chi connectivity index (χ4v) is 4.41. The number of benzene rings is 1. The number of aromatic nitrogens is 3. The van der Waals surface area contributed by atoms with Crippen molar-refractivity contribution in [2.45, 2.75) is 64.4 Å². The van der Waals surface area contributed by atoms with Gasteiger partial charge < -0.3 is 4.74 Å². The molecular formula is C20H25N3O2. The zero-order valence-corrected chi connectivity index (χ0v) is 15.5. The van der Waals surface area contributed by atoms with E-state index in [2.05, 4.69) is 27.7 Å². The summed E-state index contributed by atoms with van der Waals surface area (Å²) in [6.07, 6.45) is 1.60. The van der Waals surface area contributed by atoms with Gasteiger partial charge in [-0.25, -0.2) is 9.67 Å². The minimum absolute atomic E-state index is 0.161. The first-order valence-corrected chi connectivity index (χ1v) is 8.99. The third-order valence-electron chi connectivity index (χ3n) is 6.55. The quantitative estimate of drug-likeness (QED) is 0.799. The van der Waals surface area contributed by atoms with Crippen molar-refractivity contribution in [3.8, 4) is 5.69 Å². The molecule has 2 fully saturated rings. The zero-order chi connectivity index (χ0) is 18.0. The van der Waals surface area contributed by atoms with Gasteiger partial charge in [0.2, 0.25) is 0 Å². The zero-order valence-electron chi connectivity index (χ0n) is 15.5. The van der Waals surface area contributed by atoms with Crippen LogP contribution in [0.25, 0.3) is 5.69 Å². The average Bonchev–Trinajstić information content (AvgIpc) is 3.13. The number of ether oxygens (including phenoxy) is 1. The van der Waals surface area contributed by atoms with E-state index in [0.29, 0.717) is 0 Å². The van der Waals surface area contributed by atoms with Crippen LogP contribution >= 0.6 is 0 Å². The normalized spacial score (nSPS) is 30.1. The van der Waals surface area contributed by atoms with Crippen molar-refractivity contribution in [1.29, 1.82) is 0 Å². The number of hydrogen-bond acceptors (Lipinski definition) is 4. The van der Waals surface area contributed by atoms with Crippen LogP contribution in [-0.4, -0.2) is 26.3 Å². The van der Waals surface area contributed by atoms with E-state index in [1.807, 2.05) is 41.9 Å². The Hall–Kier alpha value is -2.17. The summed E-state index contributed by atoms with van der Waals surface area (Å²) in [5, 5.41) is 4.76. The van der Waals surface area contributed by atoms with Gasteiger partial charge in [0.25, 0.3) is 0 Å². The van der Waals surface area contributed by atoms with E-state index in [4.69, 9.17) is 14.8 Å². The molecule has 0 amide bonds. The number of hydrogen-bond donors (Lipinski definition) is 0. The standard InChI is InChI=1S/C20H25N3O2/c1-13(2)15-21-16(23(22-15)14-9-7-6-8-10-14)20-12-11-19(5,18(20,3)4)25-17(20)24/h6-10,13H,11-12H2,1-5H3/t19-,20+/m1/s1. The Bertz CT molecular complexity index is 840. The maximum atomic E-state index is 13.0. The lowest BCUT2D eigenvalue weighted by Crippen LogP contribution is -2.45. The molecule has 5 heteroatoms. The summed E-state index contributed by atoms with van der Waals surface area (Å²) in [5.74, 6) is 1.51. The SMILES string of the molecule is CC(C)c1nc([C@@]23CC[C@@](C)(OC2=O)C3(C)C)n(-c2ccccc2)n1. The molecule has 1 aliphatic heterocycles. The lowest BCUT2D eigenvalue weighted by atomic mass is 9.65.